The molecule has 0 aliphatic carbocycles. The molecule has 3 rings (SSSR count). The van der Waals surface area contributed by atoms with Crippen molar-refractivity contribution in [3.05, 3.63) is 33.6 Å². The van der Waals surface area contributed by atoms with Crippen LogP contribution in [0.5, 0.6) is 0 Å². The van der Waals surface area contributed by atoms with Gasteiger partial charge in [0.15, 0.2) is 0 Å². The van der Waals surface area contributed by atoms with E-state index in [1.807, 2.05) is 0 Å². The molecule has 0 saturated carbocycles. The van der Waals surface area contributed by atoms with Crippen LogP contribution in [0.15, 0.2) is 12.1 Å². The van der Waals surface area contributed by atoms with Crippen molar-refractivity contribution in [3.63, 3.8) is 0 Å². The molecule has 0 radical (unpaired) electrons. The van der Waals surface area contributed by atoms with Crippen molar-refractivity contribution in [3.8, 4) is 0 Å². The lowest BCUT2D eigenvalue weighted by molar-refractivity contribution is -0.0354. The molecule has 3 nitrogen and oxygen atoms in total. The van der Waals surface area contributed by atoms with E-state index >= 15 is 0 Å². The van der Waals surface area contributed by atoms with E-state index in [1.165, 1.54) is 25.0 Å². The third-order valence-electron chi connectivity index (χ3n) is 4.45. The second kappa shape index (κ2) is 7.45. The normalized spacial score (nSPS) is 27.0. The molecule has 22 heavy (non-hydrogen) atoms. The number of nitrogens with zero attached hydrogens (tertiary/aromatic N) is 1. The number of ether oxygens (including phenoxy) is 1. The van der Waals surface area contributed by atoms with Crippen LogP contribution in [0.3, 0.4) is 0 Å². The first kappa shape index (κ1) is 16.5. The number of piperidine rings is 1. The third kappa shape index (κ3) is 3.92. The van der Waals surface area contributed by atoms with Crippen molar-refractivity contribution >= 4 is 23.2 Å². The number of hydrogen-bond acceptors (Lipinski definition) is 3. The SMILES string of the molecule is Fc1cc(C2CN(CC3CCCNC3)CCO2)c(Cl)cc1Cl. The molecule has 0 amide bonds. The first-order valence-corrected chi connectivity index (χ1v) is 8.58. The van der Waals surface area contributed by atoms with Crippen molar-refractivity contribution in [2.75, 3.05) is 39.3 Å². The summed E-state index contributed by atoms with van der Waals surface area (Å²) >= 11 is 12.0. The van der Waals surface area contributed by atoms with E-state index in [-0.39, 0.29) is 11.1 Å². The Balaban J connectivity index is 1.66. The number of benzene rings is 1. The quantitative estimate of drug-likeness (QED) is 0.847. The molecule has 0 bridgehead atoms. The van der Waals surface area contributed by atoms with E-state index in [2.05, 4.69) is 10.2 Å². The summed E-state index contributed by atoms with van der Waals surface area (Å²) in [5, 5.41) is 3.97. The van der Waals surface area contributed by atoms with Crippen molar-refractivity contribution < 1.29 is 9.13 Å². The predicted molar refractivity (Wildman–Crippen MR) is 87.1 cm³/mol. The maximum Gasteiger partial charge on any atom is 0.142 e. The van der Waals surface area contributed by atoms with Crippen LogP contribution in [0.25, 0.3) is 0 Å². The third-order valence-corrected chi connectivity index (χ3v) is 5.07. The summed E-state index contributed by atoms with van der Waals surface area (Å²) in [6, 6.07) is 2.86. The van der Waals surface area contributed by atoms with Crippen LogP contribution in [0, 0.1) is 11.7 Å². The number of morpholine rings is 1. The zero-order valence-corrected chi connectivity index (χ0v) is 14.0. The highest BCUT2D eigenvalue weighted by Crippen LogP contribution is 2.32. The van der Waals surface area contributed by atoms with Gasteiger partial charge in [0.05, 0.1) is 17.7 Å². The van der Waals surface area contributed by atoms with Gasteiger partial charge in [-0.05, 0) is 44.0 Å². The summed E-state index contributed by atoms with van der Waals surface area (Å²) in [7, 11) is 0. The van der Waals surface area contributed by atoms with Gasteiger partial charge in [-0.2, -0.15) is 0 Å². The monoisotopic (exact) mass is 346 g/mol. The van der Waals surface area contributed by atoms with Crippen LogP contribution < -0.4 is 5.32 Å². The molecule has 0 spiro atoms. The second-order valence-electron chi connectivity index (χ2n) is 6.12. The number of rotatable bonds is 3. The van der Waals surface area contributed by atoms with Gasteiger partial charge < -0.3 is 10.1 Å². The molecule has 2 aliphatic heterocycles. The molecular weight excluding hydrogens is 326 g/mol. The van der Waals surface area contributed by atoms with Gasteiger partial charge in [-0.25, -0.2) is 4.39 Å². The standard InChI is InChI=1S/C16H21Cl2FN2O/c17-13-7-14(18)15(19)6-12(13)16-10-21(4-5-22-16)9-11-2-1-3-20-8-11/h6-7,11,16,20H,1-5,8-10H2. The Morgan fingerprint density at radius 2 is 2.18 bits per heavy atom. The van der Waals surface area contributed by atoms with E-state index in [0.29, 0.717) is 23.1 Å². The topological polar surface area (TPSA) is 24.5 Å². The van der Waals surface area contributed by atoms with Gasteiger partial charge in [0.25, 0.3) is 0 Å². The summed E-state index contributed by atoms with van der Waals surface area (Å²) in [5.41, 5.74) is 0.690. The minimum absolute atomic E-state index is 0.0506. The fourth-order valence-electron chi connectivity index (χ4n) is 3.29. The van der Waals surface area contributed by atoms with Crippen molar-refractivity contribution in [2.24, 2.45) is 5.92 Å². The summed E-state index contributed by atoms with van der Waals surface area (Å²) in [6.45, 7) is 5.57. The van der Waals surface area contributed by atoms with Crippen LogP contribution in [-0.2, 0) is 4.74 Å². The highest BCUT2D eigenvalue weighted by molar-refractivity contribution is 6.35. The Kier molecular flexibility index (Phi) is 5.58. The van der Waals surface area contributed by atoms with Crippen LogP contribution in [-0.4, -0.2) is 44.2 Å². The van der Waals surface area contributed by atoms with Gasteiger partial charge in [0.1, 0.15) is 5.82 Å². The molecule has 2 atom stereocenters. The maximum atomic E-state index is 13.7. The smallest absolute Gasteiger partial charge is 0.142 e. The number of halogens is 3. The molecule has 1 N–H and O–H groups in total. The van der Waals surface area contributed by atoms with Crippen molar-refractivity contribution in [2.45, 2.75) is 18.9 Å². The van der Waals surface area contributed by atoms with E-state index in [1.54, 1.807) is 0 Å². The Hall–Kier alpha value is -0.390. The second-order valence-corrected chi connectivity index (χ2v) is 6.93. The summed E-state index contributed by atoms with van der Waals surface area (Å²) in [4.78, 5) is 2.40. The Bertz CT molecular complexity index is 523. The molecular formula is C16H21Cl2FN2O. The summed E-state index contributed by atoms with van der Waals surface area (Å²) in [6.07, 6.45) is 2.32. The lowest BCUT2D eigenvalue weighted by atomic mass is 9.98. The van der Waals surface area contributed by atoms with Crippen LogP contribution in [0.1, 0.15) is 24.5 Å². The Labute approximate surface area is 140 Å². The number of nitrogens with one attached hydrogen (secondary N) is 1. The Morgan fingerprint density at radius 1 is 1.32 bits per heavy atom. The molecule has 122 valence electrons. The first-order chi connectivity index (χ1) is 10.6. The van der Waals surface area contributed by atoms with Gasteiger partial charge >= 0.3 is 0 Å². The van der Waals surface area contributed by atoms with Crippen LogP contribution >= 0.6 is 23.2 Å². The van der Waals surface area contributed by atoms with E-state index in [0.717, 1.165) is 32.7 Å². The molecule has 2 saturated heterocycles. The lowest BCUT2D eigenvalue weighted by Crippen LogP contribution is -2.44. The fourth-order valence-corrected chi connectivity index (χ4v) is 3.79. The van der Waals surface area contributed by atoms with E-state index < -0.39 is 5.82 Å². The fraction of sp³-hybridized carbons (Fsp3) is 0.625. The van der Waals surface area contributed by atoms with Crippen molar-refractivity contribution in [1.29, 1.82) is 0 Å². The largest absolute Gasteiger partial charge is 0.371 e. The highest BCUT2D eigenvalue weighted by atomic mass is 35.5. The van der Waals surface area contributed by atoms with Crippen LogP contribution in [0.2, 0.25) is 10.0 Å². The molecule has 2 unspecified atom stereocenters. The minimum atomic E-state index is -0.446. The molecule has 2 fully saturated rings. The minimum Gasteiger partial charge on any atom is -0.371 e. The van der Waals surface area contributed by atoms with Crippen molar-refractivity contribution in [1.82, 2.24) is 10.2 Å². The van der Waals surface area contributed by atoms with Gasteiger partial charge in [-0.15, -0.1) is 0 Å². The van der Waals surface area contributed by atoms with E-state index in [4.69, 9.17) is 27.9 Å². The summed E-state index contributed by atoms with van der Waals surface area (Å²) < 4.78 is 19.5. The van der Waals surface area contributed by atoms with Gasteiger partial charge in [-0.1, -0.05) is 23.2 Å². The molecule has 1 aromatic rings. The molecule has 2 aliphatic rings. The van der Waals surface area contributed by atoms with E-state index in [9.17, 15) is 4.39 Å². The molecule has 1 aromatic carbocycles. The zero-order chi connectivity index (χ0) is 15.5. The summed E-state index contributed by atoms with van der Waals surface area (Å²) in [5.74, 6) is 0.239. The molecule has 6 heteroatoms. The highest BCUT2D eigenvalue weighted by Gasteiger charge is 2.26. The van der Waals surface area contributed by atoms with Crippen LogP contribution in [0.4, 0.5) is 4.39 Å². The number of hydrogen-bond donors (Lipinski definition) is 1. The van der Waals surface area contributed by atoms with Gasteiger partial charge in [-0.3, -0.25) is 4.90 Å². The average Bonchev–Trinajstić information content (AvgIpc) is 2.52. The van der Waals surface area contributed by atoms with Gasteiger partial charge in [0, 0.05) is 30.2 Å². The maximum absolute atomic E-state index is 13.7. The lowest BCUT2D eigenvalue weighted by Gasteiger charge is -2.36. The predicted octanol–water partition coefficient (Wildman–Crippen LogP) is 3.51. The zero-order valence-electron chi connectivity index (χ0n) is 12.5. The average molecular weight is 347 g/mol. The molecule has 2 heterocycles. The molecule has 0 aromatic heterocycles. The first-order valence-electron chi connectivity index (χ1n) is 7.82. The Morgan fingerprint density at radius 3 is 2.95 bits per heavy atom. The van der Waals surface area contributed by atoms with Gasteiger partial charge in [0.2, 0.25) is 0 Å².